The lowest BCUT2D eigenvalue weighted by molar-refractivity contribution is -0.129. The predicted octanol–water partition coefficient (Wildman–Crippen LogP) is 7.13. The molecular weight excluding hydrogens is 534 g/mol. The number of nitrogens with zero attached hydrogens (tertiary/aromatic N) is 2. The number of carbonyl (C=O) groups is 1. The second kappa shape index (κ2) is 12.6. The van der Waals surface area contributed by atoms with Crippen LogP contribution in [-0.2, 0) is 16.6 Å². The Morgan fingerprint density at radius 1 is 1.12 bits per heavy atom. The minimum atomic E-state index is -0.994. The lowest BCUT2D eigenvalue weighted by Crippen LogP contribution is -2.45. The number of amides is 1. The van der Waals surface area contributed by atoms with Crippen LogP contribution in [-0.4, -0.2) is 38.1 Å². The van der Waals surface area contributed by atoms with Gasteiger partial charge in [0.25, 0.3) is 0 Å². The molecule has 0 saturated carbocycles. The van der Waals surface area contributed by atoms with Gasteiger partial charge < -0.3 is 15.5 Å². The lowest BCUT2D eigenvalue weighted by Gasteiger charge is -2.43. The normalized spacial score (nSPS) is 19.1. The van der Waals surface area contributed by atoms with Crippen LogP contribution in [0.25, 0.3) is 0 Å². The van der Waals surface area contributed by atoms with Gasteiger partial charge in [-0.15, -0.1) is 0 Å². The van der Waals surface area contributed by atoms with Crippen LogP contribution in [0.4, 0.5) is 5.69 Å². The molecule has 0 bridgehead atoms. The van der Waals surface area contributed by atoms with E-state index >= 15 is 0 Å². The Morgan fingerprint density at radius 2 is 1.83 bits per heavy atom. The third-order valence-electron chi connectivity index (χ3n) is 7.99. The van der Waals surface area contributed by atoms with Crippen LogP contribution in [0.15, 0.2) is 60.8 Å². The van der Waals surface area contributed by atoms with E-state index in [0.29, 0.717) is 30.1 Å². The van der Waals surface area contributed by atoms with Gasteiger partial charge in [0.1, 0.15) is 0 Å². The van der Waals surface area contributed by atoms with Gasteiger partial charge in [-0.3, -0.25) is 14.7 Å². The van der Waals surface area contributed by atoms with Crippen LogP contribution < -0.4 is 5.32 Å². The first-order valence-electron chi connectivity index (χ1n) is 14.5. The van der Waals surface area contributed by atoms with Crippen molar-refractivity contribution >= 4 is 23.2 Å². The molecule has 0 aliphatic carbocycles. The number of halogens is 1. The Labute approximate surface area is 249 Å². The Morgan fingerprint density at radius 3 is 2.46 bits per heavy atom. The zero-order valence-corrected chi connectivity index (χ0v) is 25.9. The average molecular weight is 578 g/mol. The van der Waals surface area contributed by atoms with Gasteiger partial charge in [0.2, 0.25) is 5.91 Å². The van der Waals surface area contributed by atoms with E-state index in [1.165, 1.54) is 0 Å². The number of aliphatic hydroxyl groups excluding tert-OH is 1. The molecule has 3 unspecified atom stereocenters. The van der Waals surface area contributed by atoms with Crippen molar-refractivity contribution in [1.29, 1.82) is 0 Å². The summed E-state index contributed by atoms with van der Waals surface area (Å²) < 4.78 is 0. The summed E-state index contributed by atoms with van der Waals surface area (Å²) in [5.41, 5.74) is 4.58. The topological polar surface area (TPSA) is 85.7 Å². The smallest absolute Gasteiger partial charge is 0.229 e. The summed E-state index contributed by atoms with van der Waals surface area (Å²) in [6.07, 6.45) is 3.43. The van der Waals surface area contributed by atoms with Crippen molar-refractivity contribution in [2.75, 3.05) is 11.9 Å². The molecule has 7 heteroatoms. The summed E-state index contributed by atoms with van der Waals surface area (Å²) in [4.78, 5) is 20.4. The van der Waals surface area contributed by atoms with Gasteiger partial charge in [-0.2, -0.15) is 0 Å². The van der Waals surface area contributed by atoms with Crippen molar-refractivity contribution in [3.8, 4) is 0 Å². The van der Waals surface area contributed by atoms with Crippen LogP contribution >= 0.6 is 11.6 Å². The average Bonchev–Trinajstić information content (AvgIpc) is 2.91. The SMILES string of the molecule is Cc1cc(Cl)cnc1C(O)N1CCCC(C(=O)Nc2cccc(C(C)(C)C)c2)C1c1ccc(CCC(C)(C)O)cc1. The monoisotopic (exact) mass is 577 g/mol. The Hall–Kier alpha value is -2.77. The quantitative estimate of drug-likeness (QED) is 0.265. The van der Waals surface area contributed by atoms with Gasteiger partial charge in [-0.1, -0.05) is 68.8 Å². The van der Waals surface area contributed by atoms with Crippen LogP contribution in [0.2, 0.25) is 5.02 Å². The Balaban J connectivity index is 1.67. The number of anilines is 1. The van der Waals surface area contributed by atoms with Gasteiger partial charge in [-0.25, -0.2) is 0 Å². The summed E-state index contributed by atoms with van der Waals surface area (Å²) in [6.45, 7) is 12.6. The van der Waals surface area contributed by atoms with Gasteiger partial charge in [-0.05, 0) is 92.3 Å². The van der Waals surface area contributed by atoms with Gasteiger partial charge in [0.15, 0.2) is 6.23 Å². The van der Waals surface area contributed by atoms with Gasteiger partial charge >= 0.3 is 0 Å². The molecule has 0 spiro atoms. The maximum Gasteiger partial charge on any atom is 0.229 e. The maximum atomic E-state index is 13.9. The summed E-state index contributed by atoms with van der Waals surface area (Å²) in [6, 6.07) is 17.7. The fourth-order valence-corrected chi connectivity index (χ4v) is 5.82. The highest BCUT2D eigenvalue weighted by Gasteiger charge is 2.41. The Kier molecular flexibility index (Phi) is 9.59. The molecule has 6 nitrogen and oxygen atoms in total. The van der Waals surface area contributed by atoms with Crippen molar-refractivity contribution in [1.82, 2.24) is 9.88 Å². The predicted molar refractivity (Wildman–Crippen MR) is 166 cm³/mol. The molecule has 1 aromatic heterocycles. The number of hydrogen-bond donors (Lipinski definition) is 3. The molecule has 4 rings (SSSR count). The highest BCUT2D eigenvalue weighted by Crippen LogP contribution is 2.41. The molecule has 0 radical (unpaired) electrons. The molecule has 3 atom stereocenters. The number of likely N-dealkylation sites (tertiary alicyclic amines) is 1. The fourth-order valence-electron chi connectivity index (χ4n) is 5.60. The van der Waals surface area contributed by atoms with E-state index in [1.807, 2.05) is 43.9 Å². The molecule has 3 aromatic rings. The van der Waals surface area contributed by atoms with Crippen molar-refractivity contribution < 1.29 is 15.0 Å². The lowest BCUT2D eigenvalue weighted by atomic mass is 9.82. The molecule has 2 heterocycles. The number of benzene rings is 2. The number of aromatic nitrogens is 1. The molecule has 1 fully saturated rings. The third kappa shape index (κ3) is 7.95. The van der Waals surface area contributed by atoms with Crippen molar-refractivity contribution in [2.24, 2.45) is 5.92 Å². The number of hydrogen-bond acceptors (Lipinski definition) is 5. The highest BCUT2D eigenvalue weighted by molar-refractivity contribution is 6.30. The number of pyridine rings is 1. The minimum absolute atomic E-state index is 0.0363. The maximum absolute atomic E-state index is 13.9. The van der Waals surface area contributed by atoms with Crippen molar-refractivity contribution in [3.05, 3.63) is 93.8 Å². The number of aryl methyl sites for hydroxylation is 2. The largest absolute Gasteiger partial charge is 0.390 e. The molecular formula is C34H44ClN3O3. The van der Waals surface area contributed by atoms with Crippen LogP contribution in [0.1, 0.15) is 94.1 Å². The number of nitrogens with one attached hydrogen (secondary N) is 1. The fraction of sp³-hybridized carbons (Fsp3) is 0.471. The molecule has 220 valence electrons. The number of carbonyl (C=O) groups excluding carboxylic acids is 1. The molecule has 1 aliphatic rings. The highest BCUT2D eigenvalue weighted by atomic mass is 35.5. The van der Waals surface area contributed by atoms with E-state index in [4.69, 9.17) is 11.6 Å². The van der Waals surface area contributed by atoms with E-state index in [2.05, 4.69) is 61.4 Å². The number of rotatable bonds is 8. The van der Waals surface area contributed by atoms with Crippen LogP contribution in [0.5, 0.6) is 0 Å². The number of aliphatic hydroxyl groups is 2. The Bertz CT molecular complexity index is 1340. The standard InChI is InChI=1S/C34H44ClN3O3/c1-22-19-26(35)21-36-29(22)32(40)38-18-8-11-28(31(39)37-27-10-7-9-25(20-27)33(2,3)4)30(38)24-14-12-23(13-15-24)16-17-34(5,6)41/h7,9-10,12-15,19-21,28,30,32,40-41H,8,11,16-18H2,1-6H3,(H,37,39). The second-order valence-electron chi connectivity index (χ2n) is 13.0. The molecule has 3 N–H and O–H groups in total. The summed E-state index contributed by atoms with van der Waals surface area (Å²) in [5.74, 6) is -0.448. The van der Waals surface area contributed by atoms with E-state index in [1.54, 1.807) is 12.3 Å². The van der Waals surface area contributed by atoms with Gasteiger partial charge in [0, 0.05) is 24.5 Å². The summed E-state index contributed by atoms with van der Waals surface area (Å²) in [5, 5.41) is 25.5. The van der Waals surface area contributed by atoms with Crippen LogP contribution in [0.3, 0.4) is 0 Å². The number of piperidine rings is 1. The first-order chi connectivity index (χ1) is 19.2. The molecule has 1 saturated heterocycles. The third-order valence-corrected chi connectivity index (χ3v) is 8.20. The first-order valence-corrected chi connectivity index (χ1v) is 14.9. The molecule has 1 amide bonds. The summed E-state index contributed by atoms with van der Waals surface area (Å²) in [7, 11) is 0. The zero-order valence-electron chi connectivity index (χ0n) is 25.1. The molecule has 2 aromatic carbocycles. The zero-order chi connectivity index (χ0) is 29.9. The molecule has 1 aliphatic heterocycles. The first kappa shape index (κ1) is 31.2. The van der Waals surface area contributed by atoms with E-state index in [9.17, 15) is 15.0 Å². The van der Waals surface area contributed by atoms with E-state index < -0.39 is 11.8 Å². The van der Waals surface area contributed by atoms with Crippen molar-refractivity contribution in [3.63, 3.8) is 0 Å². The second-order valence-corrected chi connectivity index (χ2v) is 13.5. The van der Waals surface area contributed by atoms with Gasteiger partial charge in [0.05, 0.1) is 22.2 Å². The van der Waals surface area contributed by atoms with Crippen molar-refractivity contribution in [2.45, 2.75) is 90.5 Å². The minimum Gasteiger partial charge on any atom is -0.390 e. The van der Waals surface area contributed by atoms with E-state index in [0.717, 1.165) is 40.8 Å². The van der Waals surface area contributed by atoms with Crippen LogP contribution in [0, 0.1) is 12.8 Å². The summed E-state index contributed by atoms with van der Waals surface area (Å²) >= 11 is 6.16. The molecule has 41 heavy (non-hydrogen) atoms. The van der Waals surface area contributed by atoms with E-state index in [-0.39, 0.29) is 23.3 Å².